The highest BCUT2D eigenvalue weighted by Gasteiger charge is 1.88. The Morgan fingerprint density at radius 1 is 1.86 bits per heavy atom. The number of hydrogen-bond acceptors (Lipinski definition) is 2. The molecule has 1 N–H and O–H groups in total. The SMILES string of the molecule is On1ccc(F)n1. The van der Waals surface area contributed by atoms with Crippen LogP contribution in [0, 0.1) is 5.95 Å². The van der Waals surface area contributed by atoms with Crippen molar-refractivity contribution >= 4 is 0 Å². The molecule has 0 aliphatic carbocycles. The van der Waals surface area contributed by atoms with E-state index in [1.807, 2.05) is 0 Å². The highest BCUT2D eigenvalue weighted by Crippen LogP contribution is 1.86. The number of aromatic nitrogens is 2. The van der Waals surface area contributed by atoms with Crippen LogP contribution in [0.2, 0.25) is 0 Å². The van der Waals surface area contributed by atoms with Crippen molar-refractivity contribution in [2.45, 2.75) is 0 Å². The highest BCUT2D eigenvalue weighted by molar-refractivity contribution is 4.79. The van der Waals surface area contributed by atoms with Gasteiger partial charge in [-0.25, -0.2) is 0 Å². The van der Waals surface area contributed by atoms with Gasteiger partial charge in [0.15, 0.2) is 0 Å². The van der Waals surface area contributed by atoms with E-state index in [1.54, 1.807) is 0 Å². The quantitative estimate of drug-likeness (QED) is 0.477. The molecule has 0 bridgehead atoms. The molecule has 0 aromatic carbocycles. The summed E-state index contributed by atoms with van der Waals surface area (Å²) >= 11 is 0. The molecule has 0 fully saturated rings. The molecule has 1 aromatic rings. The summed E-state index contributed by atoms with van der Waals surface area (Å²) in [5.74, 6) is -0.678. The summed E-state index contributed by atoms with van der Waals surface area (Å²) in [6.45, 7) is 0. The average Bonchev–Trinajstić information content (AvgIpc) is 1.87. The largest absolute Gasteiger partial charge is 0.412 e. The minimum atomic E-state index is -0.678. The van der Waals surface area contributed by atoms with E-state index < -0.39 is 5.95 Å². The first-order chi connectivity index (χ1) is 3.29. The van der Waals surface area contributed by atoms with Crippen molar-refractivity contribution in [1.29, 1.82) is 0 Å². The van der Waals surface area contributed by atoms with Gasteiger partial charge in [0.1, 0.15) is 0 Å². The van der Waals surface area contributed by atoms with E-state index in [0.717, 1.165) is 12.3 Å². The van der Waals surface area contributed by atoms with E-state index in [4.69, 9.17) is 5.21 Å². The maximum absolute atomic E-state index is 11.6. The summed E-state index contributed by atoms with van der Waals surface area (Å²) < 4.78 is 11.6. The second kappa shape index (κ2) is 1.22. The Balaban J connectivity index is 3.04. The lowest BCUT2D eigenvalue weighted by molar-refractivity contribution is 0.143. The van der Waals surface area contributed by atoms with E-state index in [1.165, 1.54) is 0 Å². The van der Waals surface area contributed by atoms with Crippen molar-refractivity contribution in [3.63, 3.8) is 0 Å². The highest BCUT2D eigenvalue weighted by atomic mass is 19.1. The lowest BCUT2D eigenvalue weighted by Crippen LogP contribution is -1.88. The zero-order valence-corrected chi connectivity index (χ0v) is 3.37. The number of halogens is 1. The predicted molar refractivity (Wildman–Crippen MR) is 19.4 cm³/mol. The van der Waals surface area contributed by atoms with Crippen molar-refractivity contribution in [1.82, 2.24) is 9.94 Å². The molecule has 0 amide bonds. The normalized spacial score (nSPS) is 9.29. The van der Waals surface area contributed by atoms with Crippen LogP contribution in [0.1, 0.15) is 0 Å². The van der Waals surface area contributed by atoms with Crippen LogP contribution < -0.4 is 0 Å². The van der Waals surface area contributed by atoms with Crippen molar-refractivity contribution in [2.24, 2.45) is 0 Å². The Morgan fingerprint density at radius 2 is 2.57 bits per heavy atom. The zero-order chi connectivity index (χ0) is 5.28. The van der Waals surface area contributed by atoms with Crippen LogP contribution in [-0.2, 0) is 0 Å². The van der Waals surface area contributed by atoms with Gasteiger partial charge in [0, 0.05) is 6.07 Å². The van der Waals surface area contributed by atoms with Crippen LogP contribution in [0.15, 0.2) is 12.3 Å². The third kappa shape index (κ3) is 0.677. The molecule has 0 atom stereocenters. The van der Waals surface area contributed by atoms with Gasteiger partial charge in [-0.1, -0.05) is 0 Å². The minimum Gasteiger partial charge on any atom is -0.412 e. The summed E-state index contributed by atoms with van der Waals surface area (Å²) in [7, 11) is 0. The molecule has 0 radical (unpaired) electrons. The summed E-state index contributed by atoms with van der Waals surface area (Å²) in [5, 5.41) is 11.1. The van der Waals surface area contributed by atoms with Gasteiger partial charge in [-0.05, 0) is 0 Å². The molecule has 1 heterocycles. The number of nitrogens with zero attached hydrogens (tertiary/aromatic N) is 2. The first-order valence-corrected chi connectivity index (χ1v) is 1.69. The van der Waals surface area contributed by atoms with Crippen molar-refractivity contribution < 1.29 is 9.60 Å². The van der Waals surface area contributed by atoms with Crippen LogP contribution in [0.4, 0.5) is 4.39 Å². The van der Waals surface area contributed by atoms with Gasteiger partial charge in [-0.3, -0.25) is 0 Å². The zero-order valence-electron chi connectivity index (χ0n) is 3.37. The van der Waals surface area contributed by atoms with Crippen LogP contribution >= 0.6 is 0 Å². The maximum Gasteiger partial charge on any atom is 0.236 e. The molecule has 3 nitrogen and oxygen atoms in total. The van der Waals surface area contributed by atoms with Gasteiger partial charge in [0.2, 0.25) is 5.95 Å². The maximum atomic E-state index is 11.6. The van der Waals surface area contributed by atoms with Crippen molar-refractivity contribution in [3.05, 3.63) is 18.2 Å². The fraction of sp³-hybridized carbons (Fsp3) is 0. The summed E-state index contributed by atoms with van der Waals surface area (Å²) in [6.07, 6.45) is 1.11. The lowest BCUT2D eigenvalue weighted by Gasteiger charge is -1.77. The summed E-state index contributed by atoms with van der Waals surface area (Å²) in [4.78, 5) is 0.412. The average molecular weight is 102 g/mol. The van der Waals surface area contributed by atoms with Gasteiger partial charge in [0.25, 0.3) is 0 Å². The molecule has 0 aliphatic heterocycles. The molecule has 0 saturated heterocycles. The van der Waals surface area contributed by atoms with Gasteiger partial charge in [0.05, 0.1) is 6.20 Å². The van der Waals surface area contributed by atoms with E-state index in [2.05, 4.69) is 5.10 Å². The molecule has 7 heavy (non-hydrogen) atoms. The molecule has 1 aromatic heterocycles. The summed E-state index contributed by atoms with van der Waals surface area (Å²) in [6, 6.07) is 1.06. The molecular weight excluding hydrogens is 99.0 g/mol. The van der Waals surface area contributed by atoms with E-state index in [-0.39, 0.29) is 0 Å². The molecule has 0 aliphatic rings. The van der Waals surface area contributed by atoms with Crippen LogP contribution in [0.5, 0.6) is 0 Å². The van der Waals surface area contributed by atoms with Crippen LogP contribution in [0.25, 0.3) is 0 Å². The Labute approximate surface area is 39.0 Å². The Morgan fingerprint density at radius 3 is 2.71 bits per heavy atom. The predicted octanol–water partition coefficient (Wildman–Crippen LogP) is 0.260. The fourth-order valence-corrected chi connectivity index (χ4v) is 0.293. The van der Waals surface area contributed by atoms with E-state index >= 15 is 0 Å². The summed E-state index contributed by atoms with van der Waals surface area (Å²) in [5.41, 5.74) is 0. The number of hydrogen-bond donors (Lipinski definition) is 1. The van der Waals surface area contributed by atoms with E-state index in [9.17, 15) is 4.39 Å². The molecule has 0 spiro atoms. The molecule has 0 unspecified atom stereocenters. The van der Waals surface area contributed by atoms with Crippen LogP contribution in [0.3, 0.4) is 0 Å². The molecule has 38 valence electrons. The third-order valence-corrected chi connectivity index (χ3v) is 0.543. The molecule has 4 heteroatoms. The van der Waals surface area contributed by atoms with Gasteiger partial charge >= 0.3 is 0 Å². The first kappa shape index (κ1) is 4.11. The Hall–Kier alpha value is -1.06. The smallest absolute Gasteiger partial charge is 0.236 e. The molecule has 0 saturated carbocycles. The second-order valence-corrected chi connectivity index (χ2v) is 1.06. The van der Waals surface area contributed by atoms with Gasteiger partial charge in [-0.15, -0.1) is 9.94 Å². The van der Waals surface area contributed by atoms with Crippen molar-refractivity contribution in [3.8, 4) is 0 Å². The van der Waals surface area contributed by atoms with E-state index in [0.29, 0.717) is 4.85 Å². The van der Waals surface area contributed by atoms with Gasteiger partial charge in [-0.2, -0.15) is 4.39 Å². The van der Waals surface area contributed by atoms with Crippen LogP contribution in [-0.4, -0.2) is 15.2 Å². The lowest BCUT2D eigenvalue weighted by atomic mass is 10.7. The molecule has 1 rings (SSSR count). The molecular formula is C3H3FN2O. The standard InChI is InChI=1S/C3H3FN2O/c4-3-1-2-6(7)5-3/h1-2,7H. The monoisotopic (exact) mass is 102 g/mol. The minimum absolute atomic E-state index is 0.412. The first-order valence-electron chi connectivity index (χ1n) is 1.69. The van der Waals surface area contributed by atoms with Crippen molar-refractivity contribution in [2.75, 3.05) is 0 Å². The Bertz CT molecular complexity index is 145. The number of rotatable bonds is 0. The van der Waals surface area contributed by atoms with Gasteiger partial charge < -0.3 is 5.21 Å². The third-order valence-electron chi connectivity index (χ3n) is 0.543. The fourth-order valence-electron chi connectivity index (χ4n) is 0.293. The Kier molecular flexibility index (Phi) is 0.714. The second-order valence-electron chi connectivity index (χ2n) is 1.06. The topological polar surface area (TPSA) is 38.0 Å².